The van der Waals surface area contributed by atoms with E-state index in [1.807, 2.05) is 62.4 Å². The largest absolute Gasteiger partial charge is 0.347 e. The Morgan fingerprint density at radius 2 is 1.65 bits per heavy atom. The highest BCUT2D eigenvalue weighted by Gasteiger charge is 2.07. The van der Waals surface area contributed by atoms with Crippen LogP contribution in [-0.4, -0.2) is 23.5 Å². The summed E-state index contributed by atoms with van der Waals surface area (Å²) < 4.78 is 0. The number of thiocarbonyl (C=S) groups is 1. The van der Waals surface area contributed by atoms with Gasteiger partial charge in [0, 0.05) is 5.69 Å². The number of rotatable bonds is 5. The predicted molar refractivity (Wildman–Crippen MR) is 107 cm³/mol. The van der Waals surface area contributed by atoms with E-state index in [9.17, 15) is 9.59 Å². The molecule has 0 radical (unpaired) electrons. The van der Waals surface area contributed by atoms with Crippen molar-refractivity contribution in [1.82, 2.24) is 16.2 Å². The second-order valence-electron chi connectivity index (χ2n) is 5.81. The summed E-state index contributed by atoms with van der Waals surface area (Å²) in [5, 5.41) is 5.85. The lowest BCUT2D eigenvalue weighted by atomic mass is 10.1. The van der Waals surface area contributed by atoms with Crippen molar-refractivity contribution in [2.75, 3.05) is 11.9 Å². The van der Waals surface area contributed by atoms with Crippen molar-refractivity contribution in [3.05, 3.63) is 65.2 Å². The fourth-order valence-corrected chi connectivity index (χ4v) is 2.39. The van der Waals surface area contributed by atoms with Gasteiger partial charge in [0.1, 0.15) is 0 Å². The molecule has 0 bridgehead atoms. The predicted octanol–water partition coefficient (Wildman–Crippen LogP) is 1.98. The van der Waals surface area contributed by atoms with Gasteiger partial charge < -0.3 is 10.6 Å². The van der Waals surface area contributed by atoms with Gasteiger partial charge >= 0.3 is 0 Å². The number of hydrazine groups is 1. The van der Waals surface area contributed by atoms with Gasteiger partial charge in [-0.1, -0.05) is 42.5 Å². The van der Waals surface area contributed by atoms with Crippen LogP contribution >= 0.6 is 12.2 Å². The van der Waals surface area contributed by atoms with Crippen molar-refractivity contribution >= 4 is 34.8 Å². The zero-order valence-corrected chi connectivity index (χ0v) is 15.6. The Bertz CT molecular complexity index is 793. The van der Waals surface area contributed by atoms with E-state index in [0.717, 1.165) is 22.4 Å². The SMILES string of the molecule is Cc1cccc(NC(=S)NNC(=O)CNC(=O)Cc2ccccc2)c1C. The molecule has 136 valence electrons. The summed E-state index contributed by atoms with van der Waals surface area (Å²) in [7, 11) is 0. The van der Waals surface area contributed by atoms with Gasteiger partial charge in [0.05, 0.1) is 13.0 Å². The molecule has 0 heterocycles. The van der Waals surface area contributed by atoms with Crippen molar-refractivity contribution in [3.8, 4) is 0 Å². The van der Waals surface area contributed by atoms with E-state index in [-0.39, 0.29) is 24.0 Å². The van der Waals surface area contributed by atoms with Gasteiger partial charge in [-0.2, -0.15) is 0 Å². The molecule has 2 aromatic rings. The second kappa shape index (κ2) is 9.53. The smallest absolute Gasteiger partial charge is 0.257 e. The minimum Gasteiger partial charge on any atom is -0.347 e. The number of nitrogens with one attached hydrogen (secondary N) is 4. The molecule has 0 unspecified atom stereocenters. The summed E-state index contributed by atoms with van der Waals surface area (Å²) in [5.41, 5.74) is 9.05. The molecule has 0 aromatic heterocycles. The maximum atomic E-state index is 11.8. The third-order valence-corrected chi connectivity index (χ3v) is 4.03. The lowest BCUT2D eigenvalue weighted by Gasteiger charge is -2.14. The van der Waals surface area contributed by atoms with E-state index in [2.05, 4.69) is 21.5 Å². The highest BCUT2D eigenvalue weighted by molar-refractivity contribution is 7.80. The van der Waals surface area contributed by atoms with Crippen molar-refractivity contribution in [3.63, 3.8) is 0 Å². The number of benzene rings is 2. The fourth-order valence-electron chi connectivity index (χ4n) is 2.23. The van der Waals surface area contributed by atoms with E-state index in [1.165, 1.54) is 0 Å². The van der Waals surface area contributed by atoms with Crippen LogP contribution in [0.2, 0.25) is 0 Å². The molecule has 6 nitrogen and oxygen atoms in total. The minimum absolute atomic E-state index is 0.134. The topological polar surface area (TPSA) is 82.3 Å². The third kappa shape index (κ3) is 6.18. The highest BCUT2D eigenvalue weighted by Crippen LogP contribution is 2.17. The van der Waals surface area contributed by atoms with Crippen molar-refractivity contribution in [2.24, 2.45) is 0 Å². The molecule has 0 saturated heterocycles. The summed E-state index contributed by atoms with van der Waals surface area (Å²) in [5.74, 6) is -0.612. The number of hydrogen-bond donors (Lipinski definition) is 4. The van der Waals surface area contributed by atoms with Crippen LogP contribution in [0.4, 0.5) is 5.69 Å². The first-order chi connectivity index (χ1) is 12.5. The summed E-state index contributed by atoms with van der Waals surface area (Å²) in [6, 6.07) is 15.2. The molecule has 0 spiro atoms. The standard InChI is InChI=1S/C19H22N4O2S/c1-13-7-6-10-16(14(13)2)21-19(26)23-22-18(25)12-20-17(24)11-15-8-4-3-5-9-15/h3-10H,11-12H2,1-2H3,(H,20,24)(H,22,25)(H2,21,23,26). The number of amides is 2. The van der Waals surface area contributed by atoms with Crippen LogP contribution in [0.5, 0.6) is 0 Å². The van der Waals surface area contributed by atoms with Crippen LogP contribution in [0.3, 0.4) is 0 Å². The van der Waals surface area contributed by atoms with Crippen LogP contribution in [0, 0.1) is 13.8 Å². The van der Waals surface area contributed by atoms with Crippen molar-refractivity contribution in [2.45, 2.75) is 20.3 Å². The highest BCUT2D eigenvalue weighted by atomic mass is 32.1. The first-order valence-electron chi connectivity index (χ1n) is 8.18. The molecular formula is C19H22N4O2S. The Morgan fingerprint density at radius 3 is 2.38 bits per heavy atom. The lowest BCUT2D eigenvalue weighted by Crippen LogP contribution is -2.47. The Labute approximate surface area is 158 Å². The van der Waals surface area contributed by atoms with Gasteiger partial charge in [-0.3, -0.25) is 20.4 Å². The summed E-state index contributed by atoms with van der Waals surface area (Å²) >= 11 is 5.16. The number of aryl methyl sites for hydroxylation is 1. The van der Waals surface area contributed by atoms with Gasteiger partial charge in [0.2, 0.25) is 5.91 Å². The van der Waals surface area contributed by atoms with Crippen LogP contribution in [-0.2, 0) is 16.0 Å². The van der Waals surface area contributed by atoms with Gasteiger partial charge in [0.25, 0.3) is 5.91 Å². The molecule has 0 aliphatic heterocycles. The third-order valence-electron chi connectivity index (χ3n) is 3.82. The summed E-state index contributed by atoms with van der Waals surface area (Å²) in [6.07, 6.45) is 0.230. The number of carbonyl (C=O) groups is 2. The number of carbonyl (C=O) groups excluding carboxylic acids is 2. The Kier molecular flexibility index (Phi) is 7.11. The summed E-state index contributed by atoms with van der Waals surface area (Å²) in [6.45, 7) is 3.86. The van der Waals surface area contributed by atoms with Crippen molar-refractivity contribution < 1.29 is 9.59 Å². The molecular weight excluding hydrogens is 348 g/mol. The van der Waals surface area contributed by atoms with E-state index >= 15 is 0 Å². The van der Waals surface area contributed by atoms with Crippen LogP contribution < -0.4 is 21.5 Å². The molecule has 2 rings (SSSR count). The molecule has 0 fully saturated rings. The van der Waals surface area contributed by atoms with E-state index in [1.54, 1.807) is 0 Å². The number of anilines is 1. The monoisotopic (exact) mass is 370 g/mol. The van der Waals surface area contributed by atoms with Gasteiger partial charge in [-0.15, -0.1) is 0 Å². The Hall–Kier alpha value is -2.93. The van der Waals surface area contributed by atoms with Gasteiger partial charge in [0.15, 0.2) is 5.11 Å². The zero-order chi connectivity index (χ0) is 18.9. The molecule has 7 heteroatoms. The average molecular weight is 370 g/mol. The van der Waals surface area contributed by atoms with Crippen molar-refractivity contribution in [1.29, 1.82) is 0 Å². The molecule has 2 amide bonds. The molecule has 0 aliphatic rings. The summed E-state index contributed by atoms with van der Waals surface area (Å²) in [4.78, 5) is 23.6. The minimum atomic E-state index is -0.392. The first-order valence-corrected chi connectivity index (χ1v) is 8.59. The molecule has 0 atom stereocenters. The van der Waals surface area contributed by atoms with Crippen LogP contribution in [0.25, 0.3) is 0 Å². The number of hydrogen-bond acceptors (Lipinski definition) is 3. The normalized spacial score (nSPS) is 9.92. The van der Waals surface area contributed by atoms with Crippen LogP contribution in [0.15, 0.2) is 48.5 Å². The lowest BCUT2D eigenvalue weighted by molar-refractivity contribution is -0.126. The second-order valence-corrected chi connectivity index (χ2v) is 6.22. The van der Waals surface area contributed by atoms with Gasteiger partial charge in [-0.25, -0.2) is 0 Å². The molecule has 0 saturated carbocycles. The maximum Gasteiger partial charge on any atom is 0.257 e. The quantitative estimate of drug-likeness (QED) is 0.478. The Balaban J connectivity index is 1.70. The van der Waals surface area contributed by atoms with Gasteiger partial charge in [-0.05, 0) is 48.8 Å². The van der Waals surface area contributed by atoms with Crippen LogP contribution in [0.1, 0.15) is 16.7 Å². The van der Waals surface area contributed by atoms with E-state index < -0.39 is 5.91 Å². The molecule has 0 aliphatic carbocycles. The molecule has 26 heavy (non-hydrogen) atoms. The van der Waals surface area contributed by atoms with E-state index in [4.69, 9.17) is 12.2 Å². The first kappa shape index (κ1) is 19.4. The Morgan fingerprint density at radius 1 is 0.923 bits per heavy atom. The molecule has 2 aromatic carbocycles. The molecule has 4 N–H and O–H groups in total. The zero-order valence-electron chi connectivity index (χ0n) is 14.8. The van der Waals surface area contributed by atoms with E-state index in [0.29, 0.717) is 0 Å². The average Bonchev–Trinajstić information content (AvgIpc) is 2.63. The maximum absolute atomic E-state index is 11.8. The fraction of sp³-hybridized carbons (Fsp3) is 0.211.